The third-order valence-corrected chi connectivity index (χ3v) is 10.5. The van der Waals surface area contributed by atoms with Crippen LogP contribution in [-0.2, 0) is 15.9 Å². The number of hydrogen-bond donors (Lipinski definition) is 1. The van der Waals surface area contributed by atoms with Crippen molar-refractivity contribution in [2.24, 2.45) is 0 Å². The molecule has 268 valence electrons. The van der Waals surface area contributed by atoms with E-state index in [1.807, 2.05) is 0 Å². The molecule has 1 atom stereocenters. The molecule has 13 heteroatoms. The minimum atomic E-state index is -0.692. The van der Waals surface area contributed by atoms with E-state index >= 15 is 4.39 Å². The lowest BCUT2D eigenvalue weighted by Gasteiger charge is -2.32. The molecular formula is C38H42F2N6O5. The van der Waals surface area contributed by atoms with Gasteiger partial charge in [-0.2, -0.15) is 9.97 Å². The second-order valence-electron chi connectivity index (χ2n) is 13.8. The maximum Gasteiger partial charge on any atom is 0.408 e. The quantitative estimate of drug-likeness (QED) is 0.267. The number of halogens is 2. The molecule has 0 bridgehead atoms. The average Bonchev–Trinajstić information content (AvgIpc) is 3.57. The molecule has 6 heterocycles. The highest BCUT2D eigenvalue weighted by Gasteiger charge is 2.45. The second kappa shape index (κ2) is 14.1. The van der Waals surface area contributed by atoms with E-state index < -0.39 is 11.6 Å². The summed E-state index contributed by atoms with van der Waals surface area (Å²) in [7, 11) is 4.61. The van der Waals surface area contributed by atoms with Gasteiger partial charge in [-0.05, 0) is 81.6 Å². The van der Waals surface area contributed by atoms with Crippen LogP contribution < -0.4 is 9.64 Å². The number of carbonyl (C=O) groups excluding carboxylic acids is 1. The minimum Gasteiger partial charge on any atom is -0.508 e. The number of phenols is 1. The largest absolute Gasteiger partial charge is 0.508 e. The average molecular weight is 701 g/mol. The Kier molecular flexibility index (Phi) is 9.56. The van der Waals surface area contributed by atoms with Crippen LogP contribution in [0, 0.1) is 24.0 Å². The highest BCUT2D eigenvalue weighted by atomic mass is 19.1. The topological polar surface area (TPSA) is 113 Å². The third kappa shape index (κ3) is 6.36. The maximum atomic E-state index is 17.0. The summed E-state index contributed by atoms with van der Waals surface area (Å²) in [5.74, 6) is 1.62. The molecule has 1 N–H and O–H groups in total. The van der Waals surface area contributed by atoms with Crippen molar-refractivity contribution in [2.45, 2.75) is 56.5 Å². The summed E-state index contributed by atoms with van der Waals surface area (Å²) in [6.45, 7) is 4.46. The van der Waals surface area contributed by atoms with E-state index in [0.717, 1.165) is 51.6 Å². The summed E-state index contributed by atoms with van der Waals surface area (Å²) in [5, 5.41) is 12.0. The van der Waals surface area contributed by atoms with E-state index in [9.17, 15) is 14.3 Å². The number of phenolic OH excluding ortho intramolecular Hbond substituents is 1. The van der Waals surface area contributed by atoms with Crippen molar-refractivity contribution >= 4 is 33.6 Å². The van der Waals surface area contributed by atoms with Gasteiger partial charge in [-0.15, -0.1) is 6.42 Å². The third-order valence-electron chi connectivity index (χ3n) is 10.5. The van der Waals surface area contributed by atoms with Crippen molar-refractivity contribution in [2.75, 3.05) is 65.6 Å². The van der Waals surface area contributed by atoms with Crippen LogP contribution >= 0.6 is 0 Å². The number of nitrogens with zero attached hydrogens (tertiary/aromatic N) is 6. The monoisotopic (exact) mass is 700 g/mol. The molecule has 4 aliphatic heterocycles. The number of carbonyl (C=O) groups is 1. The van der Waals surface area contributed by atoms with Gasteiger partial charge in [0.1, 0.15) is 35.2 Å². The van der Waals surface area contributed by atoms with E-state index in [1.165, 1.54) is 36.3 Å². The summed E-state index contributed by atoms with van der Waals surface area (Å²) < 4.78 is 48.5. The van der Waals surface area contributed by atoms with E-state index in [-0.39, 0.29) is 51.8 Å². The smallest absolute Gasteiger partial charge is 0.408 e. The zero-order chi connectivity index (χ0) is 35.9. The zero-order valence-corrected chi connectivity index (χ0v) is 29.2. The molecule has 0 spiro atoms. The fourth-order valence-corrected chi connectivity index (χ4v) is 8.08. The number of aromatic hydroxyl groups is 1. The summed E-state index contributed by atoms with van der Waals surface area (Å²) in [5.41, 5.74) is 0.847. The van der Waals surface area contributed by atoms with E-state index in [1.54, 1.807) is 14.1 Å². The highest BCUT2D eigenvalue weighted by Crippen LogP contribution is 2.43. The van der Waals surface area contributed by atoms with Crippen LogP contribution in [0.3, 0.4) is 0 Å². The van der Waals surface area contributed by atoms with Gasteiger partial charge >= 0.3 is 12.1 Å². The molecule has 2 aromatic heterocycles. The van der Waals surface area contributed by atoms with Crippen molar-refractivity contribution in [3.05, 3.63) is 47.2 Å². The van der Waals surface area contributed by atoms with Gasteiger partial charge in [-0.25, -0.2) is 18.6 Å². The van der Waals surface area contributed by atoms with Gasteiger partial charge in [0.25, 0.3) is 0 Å². The lowest BCUT2D eigenvalue weighted by Crippen LogP contribution is -2.43. The predicted molar refractivity (Wildman–Crippen MR) is 189 cm³/mol. The van der Waals surface area contributed by atoms with Crippen molar-refractivity contribution < 1.29 is 32.9 Å². The lowest BCUT2D eigenvalue weighted by molar-refractivity contribution is 0.108. The Morgan fingerprint density at radius 2 is 1.90 bits per heavy atom. The summed E-state index contributed by atoms with van der Waals surface area (Å²) in [6, 6.07) is 5.80. The number of hydrogen-bond acceptors (Lipinski definition) is 10. The molecule has 51 heavy (non-hydrogen) atoms. The Balaban J connectivity index is 0.000000529. The van der Waals surface area contributed by atoms with Gasteiger partial charge in [-0.3, -0.25) is 4.90 Å². The number of aromatic nitrogens is 3. The van der Waals surface area contributed by atoms with E-state index in [2.05, 4.69) is 20.5 Å². The van der Waals surface area contributed by atoms with Crippen molar-refractivity contribution in [3.63, 3.8) is 0 Å². The lowest BCUT2D eigenvalue weighted by atomic mass is 9.95. The number of fused-ring (bicyclic) bond motifs is 4. The second-order valence-corrected chi connectivity index (χ2v) is 13.8. The van der Waals surface area contributed by atoms with Crippen LogP contribution in [-0.4, -0.2) is 108 Å². The number of terminal acetylenes is 1. The van der Waals surface area contributed by atoms with Gasteiger partial charge in [0.15, 0.2) is 5.82 Å². The molecule has 1 unspecified atom stereocenters. The molecule has 2 aromatic carbocycles. The highest BCUT2D eigenvalue weighted by molar-refractivity contribution is 6.03. The molecule has 0 radical (unpaired) electrons. The van der Waals surface area contributed by atoms with Crippen molar-refractivity contribution in [1.29, 1.82) is 0 Å². The number of methoxy groups -OCH3 is 1. The number of aryl methyl sites for hydroxylation is 1. The minimum absolute atomic E-state index is 0.0143. The fourth-order valence-electron chi connectivity index (χ4n) is 8.08. The molecule has 0 saturated carbocycles. The Hall–Kier alpha value is -4.80. The van der Waals surface area contributed by atoms with Gasteiger partial charge in [-0.1, -0.05) is 12.0 Å². The number of pyridine rings is 1. The number of amides is 1. The number of benzene rings is 2. The van der Waals surface area contributed by atoms with Crippen LogP contribution in [0.25, 0.3) is 32.9 Å². The normalized spacial score (nSPS) is 19.3. The van der Waals surface area contributed by atoms with Crippen LogP contribution in [0.4, 0.5) is 19.4 Å². The SMILES string of the molecule is C#Cc1c(F)ccc2cc(O)cc(-c3nc4c5c(nc(OCC67CCCN6CCC7)nc5c3F)N3CCCOCC3CC4)c12.COC(=O)N(C)C. The molecule has 4 aromatic rings. The van der Waals surface area contributed by atoms with E-state index in [4.69, 9.17) is 30.8 Å². The number of rotatable bonds is 4. The predicted octanol–water partition coefficient (Wildman–Crippen LogP) is 5.67. The molecule has 1 amide bonds. The number of ether oxygens (including phenoxy) is 3. The maximum absolute atomic E-state index is 17.0. The van der Waals surface area contributed by atoms with Crippen LogP contribution in [0.5, 0.6) is 11.8 Å². The standard InChI is InChI=1S/C34H33F2N5O3.C4H9NO2/c1-2-23-25(35)8-6-20-16-22(42)17-24(27(20)23)30-29(36)31-28-26(37-30)9-7-21-18-43-15-5-14-41(21)32(28)39-33(38-31)44-19-34-10-3-12-40(34)13-4-11-34;1-5(2)4(6)7-3/h1,6,8,16-17,21,42H,3-5,7,9-15,18-19H2;1-3H3. The van der Waals surface area contributed by atoms with Crippen LogP contribution in [0.15, 0.2) is 24.3 Å². The molecule has 11 nitrogen and oxygen atoms in total. The van der Waals surface area contributed by atoms with E-state index in [0.29, 0.717) is 60.5 Å². The first-order chi connectivity index (χ1) is 24.6. The fraction of sp³-hybridized carbons (Fsp3) is 0.474. The number of anilines is 1. The first kappa shape index (κ1) is 34.6. The molecule has 0 aliphatic carbocycles. The summed E-state index contributed by atoms with van der Waals surface area (Å²) >= 11 is 0. The Bertz CT molecular complexity index is 2020. The Morgan fingerprint density at radius 3 is 2.61 bits per heavy atom. The van der Waals surface area contributed by atoms with Gasteiger partial charge in [0.2, 0.25) is 0 Å². The zero-order valence-electron chi connectivity index (χ0n) is 29.2. The molecule has 4 aliphatic rings. The van der Waals surface area contributed by atoms with Crippen molar-refractivity contribution in [1.82, 2.24) is 24.8 Å². The Morgan fingerprint density at radius 1 is 1.12 bits per heavy atom. The Labute approximate surface area is 295 Å². The van der Waals surface area contributed by atoms with Gasteiger partial charge < -0.3 is 29.1 Å². The molecule has 3 fully saturated rings. The summed E-state index contributed by atoms with van der Waals surface area (Å²) in [6.07, 6.45) is 11.9. The van der Waals surface area contributed by atoms with Gasteiger partial charge in [0, 0.05) is 38.2 Å². The first-order valence-corrected chi connectivity index (χ1v) is 17.4. The van der Waals surface area contributed by atoms with Crippen molar-refractivity contribution in [3.8, 4) is 35.4 Å². The molecule has 3 saturated heterocycles. The summed E-state index contributed by atoms with van der Waals surface area (Å²) in [4.78, 5) is 30.8. The molecular weight excluding hydrogens is 658 g/mol. The first-order valence-electron chi connectivity index (χ1n) is 17.4. The van der Waals surface area contributed by atoms with Crippen LogP contribution in [0.1, 0.15) is 49.8 Å². The van der Waals surface area contributed by atoms with Gasteiger partial charge in [0.05, 0.1) is 41.9 Å². The van der Waals surface area contributed by atoms with Crippen LogP contribution in [0.2, 0.25) is 0 Å². The molecule has 8 rings (SSSR count).